The van der Waals surface area contributed by atoms with Crippen molar-refractivity contribution in [3.05, 3.63) is 0 Å². The summed E-state index contributed by atoms with van der Waals surface area (Å²) in [6, 6.07) is 0. The van der Waals surface area contributed by atoms with Crippen molar-refractivity contribution >= 4 is 0 Å². The monoisotopic (exact) mass is 108 g/mol. The fourth-order valence-electron chi connectivity index (χ4n) is 0. The highest BCUT2D eigenvalue weighted by molar-refractivity contribution is 3.84. The zero-order chi connectivity index (χ0) is 6.71. The van der Waals surface area contributed by atoms with Gasteiger partial charge in [-0.05, 0) is 6.92 Å². The van der Waals surface area contributed by atoms with Crippen molar-refractivity contribution in [3.8, 4) is 0 Å². The molecule has 0 rings (SSSR count). The van der Waals surface area contributed by atoms with Crippen LogP contribution in [0.5, 0.6) is 0 Å². The van der Waals surface area contributed by atoms with E-state index < -0.39 is 0 Å². The summed E-state index contributed by atoms with van der Waals surface area (Å²) in [4.78, 5) is 0. The lowest BCUT2D eigenvalue weighted by Gasteiger charge is -1.52. The molecule has 0 atom stereocenters. The molecule has 2 N–H and O–H groups in total. The summed E-state index contributed by atoms with van der Waals surface area (Å²) in [5.41, 5.74) is 0. The topological polar surface area (TPSA) is 40.5 Å². The maximum absolute atomic E-state index is 7.57. The van der Waals surface area contributed by atoms with Gasteiger partial charge in [-0.3, -0.25) is 0 Å². The summed E-state index contributed by atoms with van der Waals surface area (Å²) < 4.78 is 0. The lowest BCUT2D eigenvalue weighted by Crippen LogP contribution is -1.57. The number of aliphatic hydroxyl groups excluding tert-OH is 2. The second-order valence-corrected chi connectivity index (χ2v) is 0.316. The Labute approximate surface area is 45.8 Å². The van der Waals surface area contributed by atoms with Crippen molar-refractivity contribution in [2.75, 3.05) is 13.7 Å². The number of aliphatic hydroxyl groups is 2. The molecule has 0 amide bonds. The number of hydrogen-bond donors (Lipinski definition) is 2. The maximum Gasteiger partial charge on any atom is 0.0402 e. The van der Waals surface area contributed by atoms with E-state index in [0.717, 1.165) is 7.11 Å². The van der Waals surface area contributed by atoms with E-state index in [9.17, 15) is 0 Å². The fourth-order valence-corrected chi connectivity index (χ4v) is 0. The quantitative estimate of drug-likeness (QED) is 0.478. The summed E-state index contributed by atoms with van der Waals surface area (Å²) in [5, 5.41) is 14.6. The van der Waals surface area contributed by atoms with Crippen molar-refractivity contribution in [2.24, 2.45) is 0 Å². The minimum atomic E-state index is 0.250. The normalized spacial score (nSPS) is 4.29. The average Bonchev–Trinajstić information content (AvgIpc) is 1.78. The van der Waals surface area contributed by atoms with Gasteiger partial charge in [0.2, 0.25) is 0 Å². The molecule has 7 heavy (non-hydrogen) atoms. The van der Waals surface area contributed by atoms with E-state index in [4.69, 9.17) is 10.2 Å². The first-order chi connectivity index (χ1) is 3.41. The third-order valence-corrected chi connectivity index (χ3v) is 0. The van der Waals surface area contributed by atoms with Gasteiger partial charge in [-0.15, -0.1) is 0 Å². The molecular weight excluding hydrogens is 92.1 g/mol. The highest BCUT2D eigenvalue weighted by Crippen LogP contribution is 1.30. The maximum atomic E-state index is 7.57. The SMILES string of the molecule is CC.CCO.CO. The van der Waals surface area contributed by atoms with E-state index in [2.05, 4.69) is 0 Å². The highest BCUT2D eigenvalue weighted by atomic mass is 16.2. The second kappa shape index (κ2) is 169. The van der Waals surface area contributed by atoms with Gasteiger partial charge in [0.25, 0.3) is 0 Å². The zero-order valence-electron chi connectivity index (χ0n) is 5.60. The standard InChI is InChI=1S/C2H6O.C2H6.CH4O/c1-2-3;2*1-2/h3H,2H2,1H3;1-2H3;2H,1H3. The van der Waals surface area contributed by atoms with Crippen molar-refractivity contribution in [1.82, 2.24) is 0 Å². The first-order valence-corrected chi connectivity index (χ1v) is 2.47. The predicted octanol–water partition coefficient (Wildman–Crippen LogP) is 0.633. The van der Waals surface area contributed by atoms with Gasteiger partial charge in [-0.25, -0.2) is 0 Å². The predicted molar refractivity (Wildman–Crippen MR) is 32.3 cm³/mol. The lowest BCUT2D eigenvalue weighted by atomic mass is 10.9. The van der Waals surface area contributed by atoms with Crippen molar-refractivity contribution < 1.29 is 10.2 Å². The molecule has 0 saturated carbocycles. The Kier molecular flexibility index (Phi) is 382. The lowest BCUT2D eigenvalue weighted by molar-refractivity contribution is 0.318. The zero-order valence-corrected chi connectivity index (χ0v) is 5.60. The highest BCUT2D eigenvalue weighted by Gasteiger charge is 1.34. The largest absolute Gasteiger partial charge is 0.400 e. The van der Waals surface area contributed by atoms with Crippen molar-refractivity contribution in [3.63, 3.8) is 0 Å². The van der Waals surface area contributed by atoms with Gasteiger partial charge in [0.1, 0.15) is 0 Å². The Morgan fingerprint density at radius 1 is 1.14 bits per heavy atom. The van der Waals surface area contributed by atoms with Crippen molar-refractivity contribution in [1.29, 1.82) is 0 Å². The first-order valence-electron chi connectivity index (χ1n) is 2.47. The molecule has 0 aromatic heterocycles. The summed E-state index contributed by atoms with van der Waals surface area (Å²) >= 11 is 0. The first kappa shape index (κ1) is 15.8. The van der Waals surface area contributed by atoms with Crippen LogP contribution in [-0.2, 0) is 0 Å². The van der Waals surface area contributed by atoms with E-state index in [1.54, 1.807) is 6.92 Å². The van der Waals surface area contributed by atoms with Gasteiger partial charge < -0.3 is 10.2 Å². The molecule has 0 aromatic rings. The van der Waals surface area contributed by atoms with Crippen LogP contribution in [0.25, 0.3) is 0 Å². The summed E-state index contributed by atoms with van der Waals surface area (Å²) in [7, 11) is 1.00. The smallest absolute Gasteiger partial charge is 0.0402 e. The van der Waals surface area contributed by atoms with Crippen LogP contribution >= 0.6 is 0 Å². The van der Waals surface area contributed by atoms with Gasteiger partial charge >= 0.3 is 0 Å². The molecule has 0 fully saturated rings. The van der Waals surface area contributed by atoms with Gasteiger partial charge in [-0.2, -0.15) is 0 Å². The molecule has 0 aliphatic rings. The van der Waals surface area contributed by atoms with Crippen LogP contribution in [0.2, 0.25) is 0 Å². The molecule has 2 nitrogen and oxygen atoms in total. The molecule has 0 unspecified atom stereocenters. The molecule has 0 radical (unpaired) electrons. The van der Waals surface area contributed by atoms with E-state index >= 15 is 0 Å². The van der Waals surface area contributed by atoms with E-state index in [-0.39, 0.29) is 6.61 Å². The minimum Gasteiger partial charge on any atom is -0.400 e. The Bertz CT molecular complexity index is 6.04. The molecular formula is C5H16O2. The van der Waals surface area contributed by atoms with Crippen LogP contribution in [0.4, 0.5) is 0 Å². The van der Waals surface area contributed by atoms with Crippen LogP contribution in [0.3, 0.4) is 0 Å². The average molecular weight is 108 g/mol. The van der Waals surface area contributed by atoms with Crippen molar-refractivity contribution in [2.45, 2.75) is 20.8 Å². The van der Waals surface area contributed by atoms with Gasteiger partial charge in [0.05, 0.1) is 0 Å². The van der Waals surface area contributed by atoms with E-state index in [0.29, 0.717) is 0 Å². The number of hydrogen-bond acceptors (Lipinski definition) is 2. The van der Waals surface area contributed by atoms with E-state index in [1.807, 2.05) is 13.8 Å². The number of rotatable bonds is 0. The van der Waals surface area contributed by atoms with Gasteiger partial charge in [-0.1, -0.05) is 13.8 Å². The van der Waals surface area contributed by atoms with Crippen LogP contribution < -0.4 is 0 Å². The Balaban J connectivity index is -0.0000000360. The van der Waals surface area contributed by atoms with E-state index in [1.165, 1.54) is 0 Å². The molecule has 0 spiro atoms. The minimum absolute atomic E-state index is 0.250. The molecule has 2 heteroatoms. The molecule has 0 aliphatic carbocycles. The fraction of sp³-hybridized carbons (Fsp3) is 1.00. The van der Waals surface area contributed by atoms with Crippen LogP contribution in [0.15, 0.2) is 0 Å². The Morgan fingerprint density at radius 2 is 1.14 bits per heavy atom. The molecule has 48 valence electrons. The Hall–Kier alpha value is -0.0800. The van der Waals surface area contributed by atoms with Crippen LogP contribution in [0, 0.1) is 0 Å². The molecule has 0 aromatic carbocycles. The summed E-state index contributed by atoms with van der Waals surface area (Å²) in [5.74, 6) is 0. The third-order valence-electron chi connectivity index (χ3n) is 0. The second-order valence-electron chi connectivity index (χ2n) is 0.316. The molecule has 0 bridgehead atoms. The van der Waals surface area contributed by atoms with Crippen LogP contribution in [0.1, 0.15) is 20.8 Å². The third kappa shape index (κ3) is 14200. The molecule has 0 aliphatic heterocycles. The van der Waals surface area contributed by atoms with Crippen LogP contribution in [-0.4, -0.2) is 23.9 Å². The molecule has 0 heterocycles. The summed E-state index contributed by atoms with van der Waals surface area (Å²) in [6.45, 7) is 5.93. The molecule has 0 saturated heterocycles. The Morgan fingerprint density at radius 3 is 1.14 bits per heavy atom. The van der Waals surface area contributed by atoms with Gasteiger partial charge in [0, 0.05) is 13.7 Å². The summed E-state index contributed by atoms with van der Waals surface area (Å²) in [6.07, 6.45) is 0. The van der Waals surface area contributed by atoms with Gasteiger partial charge in [0.15, 0.2) is 0 Å².